The number of hydrogen-bond acceptors (Lipinski definition) is 1. The molecule has 1 atom stereocenters. The molecule has 0 rings (SSSR count). The fourth-order valence-electron chi connectivity index (χ4n) is 1.30. The number of carbonyl (C=O) groups is 1. The van der Waals surface area contributed by atoms with Gasteiger partial charge in [-0.1, -0.05) is 34.6 Å². The summed E-state index contributed by atoms with van der Waals surface area (Å²) in [4.78, 5) is 10.9. The first kappa shape index (κ1) is 11.5. The fraction of sp³-hybridized carbons (Fsp3) is 0.900. The second-order valence-electron chi connectivity index (χ2n) is 4.89. The Morgan fingerprint density at radius 3 is 1.83 bits per heavy atom. The van der Waals surface area contributed by atoms with E-state index in [1.165, 1.54) is 0 Å². The average molecular weight is 172 g/mol. The summed E-state index contributed by atoms with van der Waals surface area (Å²) in [5.74, 6) is -0.445. The zero-order chi connectivity index (χ0) is 9.94. The molecule has 2 heteroatoms. The molecule has 0 saturated heterocycles. The number of rotatable bonds is 3. The van der Waals surface area contributed by atoms with Crippen LogP contribution in [-0.2, 0) is 4.79 Å². The zero-order valence-electron chi connectivity index (χ0n) is 8.72. The van der Waals surface area contributed by atoms with Crippen LogP contribution in [0.15, 0.2) is 0 Å². The molecular weight excluding hydrogens is 152 g/mol. The van der Waals surface area contributed by atoms with Crippen LogP contribution in [0.1, 0.15) is 41.0 Å². The first-order chi connectivity index (χ1) is 5.25. The van der Waals surface area contributed by atoms with Crippen molar-refractivity contribution in [3.05, 3.63) is 0 Å². The second kappa shape index (κ2) is 3.92. The quantitative estimate of drug-likeness (QED) is 0.710. The van der Waals surface area contributed by atoms with Gasteiger partial charge in [0.25, 0.3) is 0 Å². The van der Waals surface area contributed by atoms with Crippen LogP contribution in [0.25, 0.3) is 0 Å². The van der Waals surface area contributed by atoms with Gasteiger partial charge < -0.3 is 5.11 Å². The van der Waals surface area contributed by atoms with Gasteiger partial charge in [-0.2, -0.15) is 0 Å². The maximum absolute atomic E-state index is 10.9. The van der Waals surface area contributed by atoms with Crippen LogP contribution in [0.3, 0.4) is 0 Å². The predicted molar refractivity (Wildman–Crippen MR) is 50.0 cm³/mol. The smallest absolute Gasteiger partial charge is 0.307 e. The molecule has 0 saturated carbocycles. The Kier molecular flexibility index (Phi) is 3.75. The lowest BCUT2D eigenvalue weighted by Crippen LogP contribution is -2.29. The van der Waals surface area contributed by atoms with Gasteiger partial charge in [0, 0.05) is 0 Å². The molecule has 0 spiro atoms. The van der Waals surface area contributed by atoms with Gasteiger partial charge in [-0.05, 0) is 17.8 Å². The third-order valence-electron chi connectivity index (χ3n) is 2.05. The van der Waals surface area contributed by atoms with Crippen molar-refractivity contribution >= 4 is 5.97 Å². The van der Waals surface area contributed by atoms with Crippen molar-refractivity contribution < 1.29 is 9.90 Å². The largest absolute Gasteiger partial charge is 0.481 e. The van der Waals surface area contributed by atoms with Crippen LogP contribution in [0, 0.1) is 17.3 Å². The third kappa shape index (κ3) is 3.74. The molecule has 0 amide bonds. The highest BCUT2D eigenvalue weighted by Gasteiger charge is 2.31. The Bertz CT molecular complexity index is 154. The van der Waals surface area contributed by atoms with Crippen molar-refractivity contribution in [2.24, 2.45) is 17.3 Å². The Labute approximate surface area is 75.0 Å². The number of carboxylic acid groups (broad SMARTS) is 1. The summed E-state index contributed by atoms with van der Waals surface area (Å²) in [7, 11) is 0. The van der Waals surface area contributed by atoms with Gasteiger partial charge in [0.05, 0.1) is 5.92 Å². The van der Waals surface area contributed by atoms with E-state index in [0.29, 0.717) is 5.92 Å². The first-order valence-corrected chi connectivity index (χ1v) is 4.48. The molecule has 0 aromatic carbocycles. The molecule has 0 aromatic heterocycles. The average Bonchev–Trinajstić information content (AvgIpc) is 1.79. The molecule has 0 aliphatic heterocycles. The van der Waals surface area contributed by atoms with Crippen LogP contribution in [0.5, 0.6) is 0 Å². The Balaban J connectivity index is 4.35. The van der Waals surface area contributed by atoms with Gasteiger partial charge in [-0.3, -0.25) is 4.79 Å². The van der Waals surface area contributed by atoms with Gasteiger partial charge in [0.15, 0.2) is 0 Å². The summed E-state index contributed by atoms with van der Waals surface area (Å²) in [6.07, 6.45) is 0.763. The van der Waals surface area contributed by atoms with Gasteiger partial charge in [-0.15, -0.1) is 0 Å². The van der Waals surface area contributed by atoms with Gasteiger partial charge in [-0.25, -0.2) is 0 Å². The maximum atomic E-state index is 10.9. The highest BCUT2D eigenvalue weighted by Crippen LogP contribution is 2.31. The van der Waals surface area contributed by atoms with Crippen LogP contribution in [0.4, 0.5) is 0 Å². The van der Waals surface area contributed by atoms with E-state index in [1.54, 1.807) is 0 Å². The highest BCUT2D eigenvalue weighted by molar-refractivity contribution is 5.70. The van der Waals surface area contributed by atoms with Crippen molar-refractivity contribution in [3.63, 3.8) is 0 Å². The van der Waals surface area contributed by atoms with Gasteiger partial charge >= 0.3 is 5.97 Å². The minimum atomic E-state index is -0.670. The standard InChI is InChI=1S/C10H20O2/c1-7(2)6-8(9(11)12)10(3,4)5/h7-8H,6H2,1-5H3,(H,11,12). The molecule has 0 heterocycles. The van der Waals surface area contributed by atoms with Gasteiger partial charge in [0.1, 0.15) is 0 Å². The van der Waals surface area contributed by atoms with E-state index in [2.05, 4.69) is 13.8 Å². The third-order valence-corrected chi connectivity index (χ3v) is 2.05. The molecule has 12 heavy (non-hydrogen) atoms. The van der Waals surface area contributed by atoms with Crippen molar-refractivity contribution in [1.29, 1.82) is 0 Å². The van der Waals surface area contributed by atoms with Crippen molar-refractivity contribution in [2.45, 2.75) is 41.0 Å². The molecule has 0 aromatic rings. The van der Waals surface area contributed by atoms with Crippen LogP contribution >= 0.6 is 0 Å². The summed E-state index contributed by atoms with van der Waals surface area (Å²) < 4.78 is 0. The van der Waals surface area contributed by atoms with Crippen LogP contribution < -0.4 is 0 Å². The molecule has 0 aliphatic rings. The van der Waals surface area contributed by atoms with Crippen LogP contribution in [-0.4, -0.2) is 11.1 Å². The zero-order valence-corrected chi connectivity index (χ0v) is 8.72. The molecule has 72 valence electrons. The van der Waals surface area contributed by atoms with E-state index in [1.807, 2.05) is 20.8 Å². The lowest BCUT2D eigenvalue weighted by atomic mass is 9.76. The molecule has 0 aliphatic carbocycles. The summed E-state index contributed by atoms with van der Waals surface area (Å²) in [5, 5.41) is 8.96. The van der Waals surface area contributed by atoms with Crippen LogP contribution in [0.2, 0.25) is 0 Å². The van der Waals surface area contributed by atoms with E-state index < -0.39 is 5.97 Å². The predicted octanol–water partition coefficient (Wildman–Crippen LogP) is 2.78. The van der Waals surface area contributed by atoms with E-state index in [0.717, 1.165) is 6.42 Å². The molecule has 0 bridgehead atoms. The molecule has 1 N–H and O–H groups in total. The van der Waals surface area contributed by atoms with E-state index in [-0.39, 0.29) is 11.3 Å². The summed E-state index contributed by atoms with van der Waals surface area (Å²) >= 11 is 0. The highest BCUT2D eigenvalue weighted by atomic mass is 16.4. The Morgan fingerprint density at radius 1 is 1.33 bits per heavy atom. The van der Waals surface area contributed by atoms with Crippen molar-refractivity contribution in [2.75, 3.05) is 0 Å². The second-order valence-corrected chi connectivity index (χ2v) is 4.89. The molecule has 2 nitrogen and oxygen atoms in total. The normalized spacial score (nSPS) is 14.8. The lowest BCUT2D eigenvalue weighted by Gasteiger charge is -2.28. The van der Waals surface area contributed by atoms with Gasteiger partial charge in [0.2, 0.25) is 0 Å². The minimum absolute atomic E-state index is 0.129. The maximum Gasteiger partial charge on any atom is 0.307 e. The van der Waals surface area contributed by atoms with E-state index >= 15 is 0 Å². The molecule has 0 radical (unpaired) electrons. The topological polar surface area (TPSA) is 37.3 Å². The summed E-state index contributed by atoms with van der Waals surface area (Å²) in [5.41, 5.74) is -0.129. The Hall–Kier alpha value is -0.530. The minimum Gasteiger partial charge on any atom is -0.481 e. The monoisotopic (exact) mass is 172 g/mol. The first-order valence-electron chi connectivity index (χ1n) is 4.48. The lowest BCUT2D eigenvalue weighted by molar-refractivity contribution is -0.146. The Morgan fingerprint density at radius 2 is 1.75 bits per heavy atom. The number of aliphatic carboxylic acids is 1. The molecule has 1 unspecified atom stereocenters. The van der Waals surface area contributed by atoms with Crippen molar-refractivity contribution in [3.8, 4) is 0 Å². The van der Waals surface area contributed by atoms with Crippen molar-refractivity contribution in [1.82, 2.24) is 0 Å². The van der Waals surface area contributed by atoms with E-state index in [4.69, 9.17) is 5.11 Å². The fourth-order valence-corrected chi connectivity index (χ4v) is 1.30. The summed E-state index contributed by atoms with van der Waals surface area (Å²) in [6, 6.07) is 0. The SMILES string of the molecule is CC(C)CC(C(=O)O)C(C)(C)C. The number of hydrogen-bond donors (Lipinski definition) is 1. The molecular formula is C10H20O2. The van der Waals surface area contributed by atoms with E-state index in [9.17, 15) is 4.79 Å². The number of carboxylic acids is 1. The summed E-state index contributed by atoms with van der Waals surface area (Å²) in [6.45, 7) is 10.1. The molecule has 0 fully saturated rings.